The summed E-state index contributed by atoms with van der Waals surface area (Å²) in [5, 5.41) is 10.2. The first-order valence-electron chi connectivity index (χ1n) is 10.4. The highest BCUT2D eigenvalue weighted by Gasteiger charge is 2.36. The zero-order valence-electron chi connectivity index (χ0n) is 19.7. The summed E-state index contributed by atoms with van der Waals surface area (Å²) in [6.07, 6.45) is 1.58. The monoisotopic (exact) mass is 426 g/mol. The van der Waals surface area contributed by atoms with Crippen LogP contribution in [-0.4, -0.2) is 42.0 Å². The minimum Gasteiger partial charge on any atom is -0.493 e. The molecule has 6 heteroatoms. The molecular formula is C25H34N2O4. The highest BCUT2D eigenvalue weighted by Crippen LogP contribution is 2.40. The van der Waals surface area contributed by atoms with Gasteiger partial charge in [-0.3, -0.25) is 0 Å². The molecule has 0 amide bonds. The Hall–Kier alpha value is -3.07. The van der Waals surface area contributed by atoms with Gasteiger partial charge >= 0.3 is 0 Å². The first-order chi connectivity index (χ1) is 14.9. The van der Waals surface area contributed by atoms with Gasteiger partial charge in [0.1, 0.15) is 0 Å². The maximum atomic E-state index is 10.2. The molecule has 0 aliphatic heterocycles. The second kappa shape index (κ2) is 10.8. The Morgan fingerprint density at radius 3 is 1.94 bits per heavy atom. The van der Waals surface area contributed by atoms with Gasteiger partial charge in [0.25, 0.3) is 0 Å². The molecule has 0 radical (unpaired) electrons. The van der Waals surface area contributed by atoms with Crippen LogP contribution in [0, 0.1) is 17.2 Å². The standard InChI is InChI=1S/C25H34N2O4/c1-18(2)25(17-26,19-9-11-21(28-4)23(15-19)30-6)13-8-14-27(3)20-10-12-22(29-5)24(16-20)31-7/h9-12,15-16,18H,8,13-14H2,1-7H3. The Labute approximate surface area is 186 Å². The van der Waals surface area contributed by atoms with Crippen LogP contribution in [0.2, 0.25) is 0 Å². The minimum atomic E-state index is -0.613. The minimum absolute atomic E-state index is 0.141. The molecule has 0 fully saturated rings. The van der Waals surface area contributed by atoms with Gasteiger partial charge in [-0.25, -0.2) is 0 Å². The summed E-state index contributed by atoms with van der Waals surface area (Å²) in [4.78, 5) is 2.17. The number of methoxy groups -OCH3 is 4. The van der Waals surface area contributed by atoms with Gasteiger partial charge in [-0.15, -0.1) is 0 Å². The normalized spacial score (nSPS) is 12.6. The third-order valence-corrected chi connectivity index (χ3v) is 5.96. The third kappa shape index (κ3) is 5.16. The lowest BCUT2D eigenvalue weighted by atomic mass is 9.69. The molecule has 31 heavy (non-hydrogen) atoms. The van der Waals surface area contributed by atoms with E-state index in [0.717, 1.165) is 30.6 Å². The molecule has 0 saturated heterocycles. The van der Waals surface area contributed by atoms with E-state index < -0.39 is 5.41 Å². The lowest BCUT2D eigenvalue weighted by molar-refractivity contribution is 0.342. The first kappa shape index (κ1) is 24.2. The Morgan fingerprint density at radius 2 is 1.42 bits per heavy atom. The van der Waals surface area contributed by atoms with Crippen LogP contribution in [0.3, 0.4) is 0 Å². The predicted molar refractivity (Wildman–Crippen MR) is 124 cm³/mol. The van der Waals surface area contributed by atoms with Crippen LogP contribution in [0.25, 0.3) is 0 Å². The molecule has 0 bridgehead atoms. The maximum Gasteiger partial charge on any atom is 0.162 e. The Balaban J connectivity index is 2.20. The van der Waals surface area contributed by atoms with Crippen LogP contribution in [0.1, 0.15) is 32.3 Å². The van der Waals surface area contributed by atoms with Crippen molar-refractivity contribution in [1.82, 2.24) is 0 Å². The van der Waals surface area contributed by atoms with Gasteiger partial charge in [0.15, 0.2) is 23.0 Å². The van der Waals surface area contributed by atoms with Crippen LogP contribution < -0.4 is 23.8 Å². The summed E-state index contributed by atoms with van der Waals surface area (Å²) in [7, 11) is 8.53. The second-order valence-electron chi connectivity index (χ2n) is 7.87. The number of benzene rings is 2. The van der Waals surface area contributed by atoms with Crippen LogP contribution in [0.4, 0.5) is 5.69 Å². The van der Waals surface area contributed by atoms with Gasteiger partial charge in [0.05, 0.1) is 39.9 Å². The Kier molecular flexibility index (Phi) is 8.44. The van der Waals surface area contributed by atoms with E-state index in [1.54, 1.807) is 28.4 Å². The number of hydrogen-bond donors (Lipinski definition) is 0. The number of ether oxygens (including phenoxy) is 4. The quantitative estimate of drug-likeness (QED) is 0.501. The van der Waals surface area contributed by atoms with Crippen LogP contribution in [-0.2, 0) is 5.41 Å². The molecule has 2 rings (SSSR count). The van der Waals surface area contributed by atoms with E-state index in [0.29, 0.717) is 23.0 Å². The number of hydrogen-bond acceptors (Lipinski definition) is 6. The van der Waals surface area contributed by atoms with Crippen molar-refractivity contribution in [3.8, 4) is 29.1 Å². The lowest BCUT2D eigenvalue weighted by Crippen LogP contribution is -2.32. The average molecular weight is 427 g/mol. The van der Waals surface area contributed by atoms with Crippen LogP contribution in [0.5, 0.6) is 23.0 Å². The fraction of sp³-hybridized carbons (Fsp3) is 0.480. The van der Waals surface area contributed by atoms with E-state index in [4.69, 9.17) is 18.9 Å². The smallest absolute Gasteiger partial charge is 0.162 e. The van der Waals surface area contributed by atoms with Gasteiger partial charge in [-0.2, -0.15) is 5.26 Å². The maximum absolute atomic E-state index is 10.2. The van der Waals surface area contributed by atoms with Crippen molar-refractivity contribution in [3.63, 3.8) is 0 Å². The molecule has 2 aromatic rings. The van der Waals surface area contributed by atoms with Gasteiger partial charge < -0.3 is 23.8 Å². The van der Waals surface area contributed by atoms with Crippen molar-refractivity contribution < 1.29 is 18.9 Å². The number of nitrogens with zero attached hydrogens (tertiary/aromatic N) is 2. The molecule has 0 heterocycles. The zero-order chi connectivity index (χ0) is 23.0. The molecule has 0 N–H and O–H groups in total. The first-order valence-corrected chi connectivity index (χ1v) is 10.4. The van der Waals surface area contributed by atoms with E-state index in [9.17, 15) is 5.26 Å². The molecule has 0 saturated carbocycles. The Bertz CT molecular complexity index is 907. The largest absolute Gasteiger partial charge is 0.493 e. The summed E-state index contributed by atoms with van der Waals surface area (Å²) in [6, 6.07) is 14.3. The van der Waals surface area contributed by atoms with E-state index in [1.807, 2.05) is 43.4 Å². The summed E-state index contributed by atoms with van der Waals surface area (Å²) in [5.74, 6) is 2.85. The zero-order valence-corrected chi connectivity index (χ0v) is 19.7. The summed E-state index contributed by atoms with van der Waals surface area (Å²) in [5.41, 5.74) is 1.38. The van der Waals surface area contributed by atoms with Crippen molar-refractivity contribution in [2.24, 2.45) is 5.92 Å². The third-order valence-electron chi connectivity index (χ3n) is 5.96. The highest BCUT2D eigenvalue weighted by molar-refractivity contribution is 5.56. The van der Waals surface area contributed by atoms with E-state index in [1.165, 1.54) is 0 Å². The molecule has 1 unspecified atom stereocenters. The number of anilines is 1. The highest BCUT2D eigenvalue weighted by atomic mass is 16.5. The summed E-state index contributed by atoms with van der Waals surface area (Å²) >= 11 is 0. The van der Waals surface area contributed by atoms with Gasteiger partial charge in [-0.05, 0) is 48.6 Å². The molecule has 1 atom stereocenters. The van der Waals surface area contributed by atoms with E-state index >= 15 is 0 Å². The summed E-state index contributed by atoms with van der Waals surface area (Å²) < 4.78 is 21.6. The summed E-state index contributed by atoms with van der Waals surface area (Å²) in [6.45, 7) is 4.99. The molecule has 0 spiro atoms. The lowest BCUT2D eigenvalue weighted by Gasteiger charge is -2.33. The van der Waals surface area contributed by atoms with Gasteiger partial charge in [0, 0.05) is 25.3 Å². The number of nitriles is 1. The fourth-order valence-electron chi connectivity index (χ4n) is 3.92. The van der Waals surface area contributed by atoms with Gasteiger partial charge in [0.2, 0.25) is 0 Å². The van der Waals surface area contributed by atoms with Gasteiger partial charge in [-0.1, -0.05) is 19.9 Å². The molecular weight excluding hydrogens is 392 g/mol. The molecule has 0 aliphatic carbocycles. The topological polar surface area (TPSA) is 64.0 Å². The number of rotatable bonds is 11. The molecule has 6 nitrogen and oxygen atoms in total. The molecule has 2 aromatic carbocycles. The predicted octanol–water partition coefficient (Wildman–Crippen LogP) is 5.05. The second-order valence-corrected chi connectivity index (χ2v) is 7.87. The Morgan fingerprint density at radius 1 is 0.871 bits per heavy atom. The van der Waals surface area contributed by atoms with E-state index in [2.05, 4.69) is 24.8 Å². The van der Waals surface area contributed by atoms with Crippen molar-refractivity contribution in [1.29, 1.82) is 5.26 Å². The van der Waals surface area contributed by atoms with Crippen molar-refractivity contribution >= 4 is 5.69 Å². The van der Waals surface area contributed by atoms with E-state index in [-0.39, 0.29) is 5.92 Å². The van der Waals surface area contributed by atoms with Crippen LogP contribution >= 0.6 is 0 Å². The SMILES string of the molecule is COc1ccc(N(C)CCCC(C#N)(c2ccc(OC)c(OC)c2)C(C)C)cc1OC. The average Bonchev–Trinajstić information content (AvgIpc) is 2.80. The molecule has 0 aromatic heterocycles. The molecule has 0 aliphatic rings. The van der Waals surface area contributed by atoms with Crippen molar-refractivity contribution in [2.75, 3.05) is 46.9 Å². The fourth-order valence-corrected chi connectivity index (χ4v) is 3.92. The molecule has 168 valence electrons. The van der Waals surface area contributed by atoms with Crippen LogP contribution in [0.15, 0.2) is 36.4 Å². The van der Waals surface area contributed by atoms with Crippen molar-refractivity contribution in [2.45, 2.75) is 32.1 Å². The van der Waals surface area contributed by atoms with Crippen molar-refractivity contribution in [3.05, 3.63) is 42.0 Å².